The van der Waals surface area contributed by atoms with Gasteiger partial charge in [-0.3, -0.25) is 14.7 Å². The van der Waals surface area contributed by atoms with Crippen LogP contribution >= 0.6 is 0 Å². The molecule has 0 saturated heterocycles. The Labute approximate surface area is 98.9 Å². The summed E-state index contributed by atoms with van der Waals surface area (Å²) in [5.74, 6) is 0.331. The molecule has 0 atom stereocenters. The van der Waals surface area contributed by atoms with E-state index in [-0.39, 0.29) is 5.91 Å². The van der Waals surface area contributed by atoms with Crippen LogP contribution in [0.2, 0.25) is 0 Å². The Kier molecular flexibility index (Phi) is 3.00. The maximum absolute atomic E-state index is 12.1. The number of nitrogen functional groups attached to an aromatic ring is 1. The second kappa shape index (κ2) is 4.61. The Bertz CT molecular complexity index is 527. The first kappa shape index (κ1) is 11.1. The lowest BCUT2D eigenvalue weighted by molar-refractivity contribution is 0.0987. The van der Waals surface area contributed by atoms with Crippen LogP contribution < -0.4 is 10.6 Å². The van der Waals surface area contributed by atoms with E-state index in [1.807, 2.05) is 6.07 Å². The number of carbonyl (C=O) groups is 1. The van der Waals surface area contributed by atoms with Crippen LogP contribution in [0.4, 0.5) is 11.5 Å². The third-order valence-corrected chi connectivity index (χ3v) is 2.30. The fourth-order valence-corrected chi connectivity index (χ4v) is 1.39. The van der Waals surface area contributed by atoms with E-state index in [0.29, 0.717) is 17.2 Å². The normalized spacial score (nSPS) is 9.94. The summed E-state index contributed by atoms with van der Waals surface area (Å²) in [6.07, 6.45) is 3.14. The van der Waals surface area contributed by atoms with Crippen molar-refractivity contribution in [1.29, 1.82) is 0 Å². The van der Waals surface area contributed by atoms with Crippen LogP contribution in [0.3, 0.4) is 0 Å². The summed E-state index contributed by atoms with van der Waals surface area (Å²) in [7, 11) is 1.65. The zero-order valence-electron chi connectivity index (χ0n) is 9.37. The van der Waals surface area contributed by atoms with Crippen LogP contribution in [0.5, 0.6) is 0 Å². The Morgan fingerprint density at radius 3 is 2.71 bits per heavy atom. The number of nitrogens with two attached hydrogens (primary N) is 1. The van der Waals surface area contributed by atoms with Gasteiger partial charge >= 0.3 is 0 Å². The number of hydrogen-bond donors (Lipinski definition) is 1. The number of pyridine rings is 2. The smallest absolute Gasteiger partial charge is 0.277 e. The van der Waals surface area contributed by atoms with E-state index in [9.17, 15) is 4.79 Å². The summed E-state index contributed by atoms with van der Waals surface area (Å²) in [5.41, 5.74) is 6.42. The zero-order chi connectivity index (χ0) is 12.3. The molecule has 5 heteroatoms. The van der Waals surface area contributed by atoms with Crippen molar-refractivity contribution in [3.05, 3.63) is 48.4 Å². The molecular weight excluding hydrogens is 216 g/mol. The molecule has 2 heterocycles. The minimum Gasteiger partial charge on any atom is -0.399 e. The third kappa shape index (κ3) is 2.39. The van der Waals surface area contributed by atoms with Gasteiger partial charge in [0.15, 0.2) is 0 Å². The molecule has 2 aromatic rings. The van der Waals surface area contributed by atoms with E-state index in [4.69, 9.17) is 5.73 Å². The average Bonchev–Trinajstić information content (AvgIpc) is 2.38. The lowest BCUT2D eigenvalue weighted by atomic mass is 10.3. The molecule has 0 unspecified atom stereocenters. The van der Waals surface area contributed by atoms with Crippen molar-refractivity contribution in [2.24, 2.45) is 0 Å². The van der Waals surface area contributed by atoms with Gasteiger partial charge in [-0.1, -0.05) is 6.07 Å². The van der Waals surface area contributed by atoms with Crippen LogP contribution in [-0.2, 0) is 0 Å². The van der Waals surface area contributed by atoms with Gasteiger partial charge in [0.2, 0.25) is 0 Å². The maximum atomic E-state index is 12.1. The minimum absolute atomic E-state index is 0.240. The van der Waals surface area contributed by atoms with E-state index in [1.165, 1.54) is 11.1 Å². The Morgan fingerprint density at radius 2 is 2.06 bits per heavy atom. The predicted octanol–water partition coefficient (Wildman–Crippen LogP) is 1.34. The lowest BCUT2D eigenvalue weighted by Gasteiger charge is -2.15. The number of aromatic nitrogens is 2. The number of carbonyl (C=O) groups excluding carboxylic acids is 1. The van der Waals surface area contributed by atoms with Gasteiger partial charge in [-0.2, -0.15) is 0 Å². The number of nitrogens with zero attached hydrogens (tertiary/aromatic N) is 3. The van der Waals surface area contributed by atoms with Gasteiger partial charge in [-0.25, -0.2) is 4.98 Å². The van der Waals surface area contributed by atoms with Crippen molar-refractivity contribution in [2.75, 3.05) is 17.7 Å². The second-order valence-electron chi connectivity index (χ2n) is 3.53. The number of anilines is 2. The number of amides is 1. The molecule has 0 bridgehead atoms. The summed E-state index contributed by atoms with van der Waals surface area (Å²) in [4.78, 5) is 21.6. The molecule has 0 radical (unpaired) electrons. The molecule has 0 aliphatic heterocycles. The maximum Gasteiger partial charge on any atom is 0.277 e. The van der Waals surface area contributed by atoms with Crippen molar-refractivity contribution in [2.45, 2.75) is 0 Å². The van der Waals surface area contributed by atoms with Crippen LogP contribution in [-0.4, -0.2) is 22.9 Å². The fourth-order valence-electron chi connectivity index (χ4n) is 1.39. The molecule has 2 aromatic heterocycles. The topological polar surface area (TPSA) is 72.1 Å². The molecule has 0 saturated carbocycles. The highest BCUT2D eigenvalue weighted by atomic mass is 16.2. The molecule has 17 heavy (non-hydrogen) atoms. The fraction of sp³-hybridized carbons (Fsp3) is 0.0833. The molecule has 0 spiro atoms. The predicted molar refractivity (Wildman–Crippen MR) is 65.6 cm³/mol. The first-order chi connectivity index (χ1) is 8.18. The van der Waals surface area contributed by atoms with Gasteiger partial charge in [-0.15, -0.1) is 0 Å². The van der Waals surface area contributed by atoms with Crippen LogP contribution in [0.25, 0.3) is 0 Å². The van der Waals surface area contributed by atoms with Gasteiger partial charge in [0.05, 0.1) is 0 Å². The average molecular weight is 228 g/mol. The molecule has 5 nitrogen and oxygen atoms in total. The van der Waals surface area contributed by atoms with E-state index in [2.05, 4.69) is 9.97 Å². The van der Waals surface area contributed by atoms with Crippen LogP contribution in [0.15, 0.2) is 42.7 Å². The molecule has 1 amide bonds. The Morgan fingerprint density at radius 1 is 1.24 bits per heavy atom. The van der Waals surface area contributed by atoms with E-state index in [0.717, 1.165) is 0 Å². The number of rotatable bonds is 2. The highest BCUT2D eigenvalue weighted by Gasteiger charge is 2.15. The van der Waals surface area contributed by atoms with Crippen LogP contribution in [0.1, 0.15) is 10.5 Å². The lowest BCUT2D eigenvalue weighted by Crippen LogP contribution is -2.27. The second-order valence-corrected chi connectivity index (χ2v) is 3.53. The van der Waals surface area contributed by atoms with Crippen molar-refractivity contribution in [3.8, 4) is 0 Å². The summed E-state index contributed by atoms with van der Waals surface area (Å²) in [5, 5.41) is 0. The monoisotopic (exact) mass is 228 g/mol. The standard InChI is InChI=1S/C12H12N4O/c1-16(11-4-2-3-6-15-11)12(17)10-8-9(13)5-7-14-10/h2-8H,1H3,(H2,13,14). The molecular formula is C12H12N4O. The van der Waals surface area contributed by atoms with Gasteiger partial charge in [-0.05, 0) is 24.3 Å². The van der Waals surface area contributed by atoms with Gasteiger partial charge in [0.25, 0.3) is 5.91 Å². The van der Waals surface area contributed by atoms with Gasteiger partial charge < -0.3 is 5.73 Å². The SMILES string of the molecule is CN(C(=O)c1cc(N)ccn1)c1ccccn1. The van der Waals surface area contributed by atoms with Gasteiger partial charge in [0, 0.05) is 25.1 Å². The third-order valence-electron chi connectivity index (χ3n) is 2.30. The van der Waals surface area contributed by atoms with Crippen molar-refractivity contribution >= 4 is 17.4 Å². The largest absolute Gasteiger partial charge is 0.399 e. The highest BCUT2D eigenvalue weighted by Crippen LogP contribution is 2.11. The molecule has 0 aromatic carbocycles. The van der Waals surface area contributed by atoms with Crippen molar-refractivity contribution in [1.82, 2.24) is 9.97 Å². The highest BCUT2D eigenvalue weighted by molar-refractivity contribution is 6.04. The minimum atomic E-state index is -0.240. The Balaban J connectivity index is 2.27. The van der Waals surface area contributed by atoms with E-state index >= 15 is 0 Å². The molecule has 2 rings (SSSR count). The molecule has 86 valence electrons. The molecule has 2 N–H and O–H groups in total. The molecule has 0 fully saturated rings. The quantitative estimate of drug-likeness (QED) is 0.841. The zero-order valence-corrected chi connectivity index (χ0v) is 9.37. The van der Waals surface area contributed by atoms with Crippen molar-refractivity contribution in [3.63, 3.8) is 0 Å². The van der Waals surface area contributed by atoms with E-state index < -0.39 is 0 Å². The first-order valence-electron chi connectivity index (χ1n) is 5.09. The summed E-state index contributed by atoms with van der Waals surface area (Å²) in [6, 6.07) is 8.54. The Hall–Kier alpha value is -2.43. The molecule has 0 aliphatic carbocycles. The summed E-state index contributed by atoms with van der Waals surface area (Å²) in [6.45, 7) is 0. The summed E-state index contributed by atoms with van der Waals surface area (Å²) < 4.78 is 0. The number of hydrogen-bond acceptors (Lipinski definition) is 4. The van der Waals surface area contributed by atoms with E-state index in [1.54, 1.807) is 37.5 Å². The van der Waals surface area contributed by atoms with Gasteiger partial charge in [0.1, 0.15) is 11.5 Å². The molecule has 0 aliphatic rings. The summed E-state index contributed by atoms with van der Waals surface area (Å²) >= 11 is 0. The van der Waals surface area contributed by atoms with Crippen LogP contribution in [0, 0.1) is 0 Å². The van der Waals surface area contributed by atoms with Crippen molar-refractivity contribution < 1.29 is 4.79 Å². The first-order valence-corrected chi connectivity index (χ1v) is 5.09.